The lowest BCUT2D eigenvalue weighted by molar-refractivity contribution is 0.0857. The van der Waals surface area contributed by atoms with Crippen LogP contribution in [0.25, 0.3) is 0 Å². The summed E-state index contributed by atoms with van der Waals surface area (Å²) < 4.78 is 25.2. The Labute approximate surface area is 116 Å². The lowest BCUT2D eigenvalue weighted by Gasteiger charge is -2.34. The van der Waals surface area contributed by atoms with E-state index in [4.69, 9.17) is 0 Å². The highest BCUT2D eigenvalue weighted by atomic mass is 79.9. The highest BCUT2D eigenvalue weighted by molar-refractivity contribution is 9.10. The smallest absolute Gasteiger partial charge is 0.211 e. The summed E-state index contributed by atoms with van der Waals surface area (Å²) in [5.74, 6) is 0.0103. The molecule has 1 aliphatic heterocycles. The van der Waals surface area contributed by atoms with Crippen molar-refractivity contribution in [3.8, 4) is 0 Å². The minimum atomic E-state index is -3.21. The SMILES string of the molecule is CS(=O)(=O)N1CCC(c2ccc(Br)cc2)C(O)C1. The molecule has 1 aromatic carbocycles. The van der Waals surface area contributed by atoms with E-state index in [1.54, 1.807) is 0 Å². The summed E-state index contributed by atoms with van der Waals surface area (Å²) in [6, 6.07) is 7.80. The first kappa shape index (κ1) is 14.0. The Bertz CT molecular complexity index is 515. The molecule has 2 rings (SSSR count). The van der Waals surface area contributed by atoms with Crippen LogP contribution in [0.4, 0.5) is 0 Å². The number of aliphatic hydroxyl groups excluding tert-OH is 1. The van der Waals surface area contributed by atoms with E-state index in [1.807, 2.05) is 24.3 Å². The molecule has 0 aliphatic carbocycles. The lowest BCUT2D eigenvalue weighted by atomic mass is 9.88. The third-order valence-electron chi connectivity index (χ3n) is 3.31. The normalized spacial score (nSPS) is 26.2. The fourth-order valence-electron chi connectivity index (χ4n) is 2.30. The number of halogens is 1. The monoisotopic (exact) mass is 333 g/mol. The van der Waals surface area contributed by atoms with Crippen LogP contribution < -0.4 is 0 Å². The third kappa shape index (κ3) is 3.12. The Morgan fingerprint density at radius 2 is 1.94 bits per heavy atom. The zero-order chi connectivity index (χ0) is 13.3. The second kappa shape index (κ2) is 5.28. The first-order chi connectivity index (χ1) is 8.38. The number of rotatable bonds is 2. The number of sulfonamides is 1. The van der Waals surface area contributed by atoms with Gasteiger partial charge in [0.05, 0.1) is 12.4 Å². The summed E-state index contributed by atoms with van der Waals surface area (Å²) in [4.78, 5) is 0. The largest absolute Gasteiger partial charge is 0.391 e. The van der Waals surface area contributed by atoms with E-state index < -0.39 is 16.1 Å². The molecule has 0 bridgehead atoms. The zero-order valence-corrected chi connectivity index (χ0v) is 12.5. The molecule has 1 N–H and O–H groups in total. The first-order valence-corrected chi connectivity index (χ1v) is 8.40. The molecule has 100 valence electrons. The van der Waals surface area contributed by atoms with E-state index >= 15 is 0 Å². The molecule has 6 heteroatoms. The van der Waals surface area contributed by atoms with Gasteiger partial charge in [-0.2, -0.15) is 4.31 Å². The average Bonchev–Trinajstić information content (AvgIpc) is 2.29. The van der Waals surface area contributed by atoms with Gasteiger partial charge < -0.3 is 5.11 Å². The standard InChI is InChI=1S/C12H16BrNO3S/c1-18(16,17)14-7-6-11(12(15)8-14)9-2-4-10(13)5-3-9/h2-5,11-12,15H,6-8H2,1H3. The third-order valence-corrected chi connectivity index (χ3v) is 5.11. The van der Waals surface area contributed by atoms with Crippen LogP contribution in [0, 0.1) is 0 Å². The van der Waals surface area contributed by atoms with Crippen molar-refractivity contribution < 1.29 is 13.5 Å². The summed E-state index contributed by atoms with van der Waals surface area (Å²) in [6.07, 6.45) is 1.19. The Morgan fingerprint density at radius 3 is 2.44 bits per heavy atom. The molecule has 1 heterocycles. The molecule has 1 saturated heterocycles. The van der Waals surface area contributed by atoms with Gasteiger partial charge in [-0.15, -0.1) is 0 Å². The molecule has 2 atom stereocenters. The average molecular weight is 334 g/mol. The van der Waals surface area contributed by atoms with Crippen LogP contribution in [0.15, 0.2) is 28.7 Å². The van der Waals surface area contributed by atoms with Crippen molar-refractivity contribution in [1.82, 2.24) is 4.31 Å². The van der Waals surface area contributed by atoms with Crippen molar-refractivity contribution in [2.24, 2.45) is 0 Å². The van der Waals surface area contributed by atoms with Crippen LogP contribution in [0.1, 0.15) is 17.9 Å². The molecule has 18 heavy (non-hydrogen) atoms. The van der Waals surface area contributed by atoms with Gasteiger partial charge in [0.15, 0.2) is 0 Å². The van der Waals surface area contributed by atoms with Crippen LogP contribution in [0.3, 0.4) is 0 Å². The first-order valence-electron chi connectivity index (χ1n) is 5.76. The van der Waals surface area contributed by atoms with Gasteiger partial charge in [0.25, 0.3) is 0 Å². The van der Waals surface area contributed by atoms with E-state index in [9.17, 15) is 13.5 Å². The summed E-state index contributed by atoms with van der Waals surface area (Å²) in [5, 5.41) is 10.1. The minimum absolute atomic E-state index is 0.0103. The maximum absolute atomic E-state index is 11.4. The van der Waals surface area contributed by atoms with Crippen molar-refractivity contribution in [1.29, 1.82) is 0 Å². The van der Waals surface area contributed by atoms with Gasteiger partial charge in [-0.3, -0.25) is 0 Å². The topological polar surface area (TPSA) is 57.6 Å². The van der Waals surface area contributed by atoms with Crippen molar-refractivity contribution >= 4 is 26.0 Å². The molecule has 0 saturated carbocycles. The number of aliphatic hydroxyl groups is 1. The maximum atomic E-state index is 11.4. The predicted molar refractivity (Wildman–Crippen MR) is 73.9 cm³/mol. The summed E-state index contributed by atoms with van der Waals surface area (Å²) >= 11 is 3.37. The molecular weight excluding hydrogens is 318 g/mol. The number of β-amino-alcohol motifs (C(OH)–C–C–N with tert-alkyl or cyclic N) is 1. The molecule has 0 aromatic heterocycles. The number of hydrogen-bond donors (Lipinski definition) is 1. The molecule has 0 radical (unpaired) electrons. The van der Waals surface area contributed by atoms with Crippen molar-refractivity contribution in [2.75, 3.05) is 19.3 Å². The number of piperidine rings is 1. The molecular formula is C12H16BrNO3S. The van der Waals surface area contributed by atoms with Crippen LogP contribution in [-0.2, 0) is 10.0 Å². The van der Waals surface area contributed by atoms with Gasteiger partial charge >= 0.3 is 0 Å². The molecule has 1 aromatic rings. The number of hydrogen-bond acceptors (Lipinski definition) is 3. The van der Waals surface area contributed by atoms with Gasteiger partial charge in [0.2, 0.25) is 10.0 Å². The van der Waals surface area contributed by atoms with Crippen LogP contribution in [0.2, 0.25) is 0 Å². The summed E-state index contributed by atoms with van der Waals surface area (Å²) in [5.41, 5.74) is 1.05. The number of benzene rings is 1. The second-order valence-corrected chi connectivity index (χ2v) is 7.53. The van der Waals surface area contributed by atoms with E-state index in [1.165, 1.54) is 10.6 Å². The van der Waals surface area contributed by atoms with E-state index in [2.05, 4.69) is 15.9 Å². The fourth-order valence-corrected chi connectivity index (χ4v) is 3.43. The maximum Gasteiger partial charge on any atom is 0.211 e. The fraction of sp³-hybridized carbons (Fsp3) is 0.500. The van der Waals surface area contributed by atoms with Gasteiger partial charge in [-0.1, -0.05) is 28.1 Å². The predicted octanol–water partition coefficient (Wildman–Crippen LogP) is 1.56. The Kier molecular flexibility index (Phi) is 4.11. The Morgan fingerprint density at radius 1 is 1.33 bits per heavy atom. The highest BCUT2D eigenvalue weighted by Crippen LogP contribution is 2.30. The van der Waals surface area contributed by atoms with Crippen molar-refractivity contribution in [2.45, 2.75) is 18.4 Å². The molecule has 2 unspecified atom stereocenters. The van der Waals surface area contributed by atoms with Crippen LogP contribution in [-0.4, -0.2) is 43.3 Å². The van der Waals surface area contributed by atoms with E-state index in [0.717, 1.165) is 10.0 Å². The number of nitrogens with zero attached hydrogens (tertiary/aromatic N) is 1. The lowest BCUT2D eigenvalue weighted by Crippen LogP contribution is -2.45. The van der Waals surface area contributed by atoms with Gasteiger partial charge in [0.1, 0.15) is 0 Å². The Hall–Kier alpha value is -0.430. The zero-order valence-electron chi connectivity index (χ0n) is 10.1. The van der Waals surface area contributed by atoms with Crippen LogP contribution >= 0.6 is 15.9 Å². The van der Waals surface area contributed by atoms with Crippen molar-refractivity contribution in [3.63, 3.8) is 0 Å². The molecule has 0 spiro atoms. The molecule has 1 aliphatic rings. The Balaban J connectivity index is 2.12. The minimum Gasteiger partial charge on any atom is -0.391 e. The van der Waals surface area contributed by atoms with Crippen LogP contribution in [0.5, 0.6) is 0 Å². The van der Waals surface area contributed by atoms with Crippen molar-refractivity contribution in [3.05, 3.63) is 34.3 Å². The summed E-state index contributed by atoms with van der Waals surface area (Å²) in [7, 11) is -3.21. The highest BCUT2D eigenvalue weighted by Gasteiger charge is 2.32. The molecule has 4 nitrogen and oxygen atoms in total. The second-order valence-electron chi connectivity index (χ2n) is 4.64. The quantitative estimate of drug-likeness (QED) is 0.893. The van der Waals surface area contributed by atoms with E-state index in [-0.39, 0.29) is 12.5 Å². The van der Waals surface area contributed by atoms with Gasteiger partial charge in [-0.25, -0.2) is 8.42 Å². The summed E-state index contributed by atoms with van der Waals surface area (Å²) in [6.45, 7) is 0.649. The van der Waals surface area contributed by atoms with Gasteiger partial charge in [-0.05, 0) is 24.1 Å². The van der Waals surface area contributed by atoms with E-state index in [0.29, 0.717) is 13.0 Å². The molecule has 0 amide bonds. The van der Waals surface area contributed by atoms with Gasteiger partial charge in [0, 0.05) is 23.5 Å². The molecule has 1 fully saturated rings.